The minimum Gasteiger partial charge on any atom is -0.509 e. The first-order valence-electron chi connectivity index (χ1n) is 20.0. The van der Waals surface area contributed by atoms with Crippen LogP contribution in [0.4, 0.5) is 17.6 Å². The zero-order chi connectivity index (χ0) is 45.5. The van der Waals surface area contributed by atoms with Gasteiger partial charge in [0.25, 0.3) is 11.8 Å². The molecule has 4 aliphatic rings. The van der Waals surface area contributed by atoms with Crippen LogP contribution in [-0.2, 0) is 9.59 Å². The number of carbonyl (C=O) groups excluding carboxylic acids is 2. The number of hydrogen-bond donors (Lipinski definition) is 6. The zero-order valence-electron chi connectivity index (χ0n) is 34.4. The van der Waals surface area contributed by atoms with Crippen molar-refractivity contribution < 1.29 is 47.4 Å². The summed E-state index contributed by atoms with van der Waals surface area (Å²) in [5, 5.41) is 45.7. The summed E-state index contributed by atoms with van der Waals surface area (Å²) in [6.45, 7) is 7.49. The third-order valence-corrected chi connectivity index (χ3v) is 13.0. The van der Waals surface area contributed by atoms with E-state index in [4.69, 9.17) is 33.2 Å². The number of aliphatic hydroxyl groups is 2. The molecule has 0 unspecified atom stereocenters. The van der Waals surface area contributed by atoms with E-state index in [1.807, 2.05) is 76.2 Å². The van der Waals surface area contributed by atoms with Crippen LogP contribution in [0.2, 0.25) is 10.0 Å². The minimum atomic E-state index is -2.74. The van der Waals surface area contributed by atoms with Gasteiger partial charge in [0, 0.05) is 40.2 Å². The van der Waals surface area contributed by atoms with Gasteiger partial charge in [-0.15, -0.1) is 0 Å². The van der Waals surface area contributed by atoms with E-state index in [-0.39, 0.29) is 79.9 Å². The number of aliphatic hydroxyl groups excluding tert-OH is 2. The standard InChI is InChI=1S/C23H22ClF2NO2.C17H18BrF2NO2.C6H6BClO2/c1-13-11-16(15-3-5-17(24)6-4-15)12-14(2)18(13)19-20(28)22(27-21(19)29)7-9-23(25,26)10-8-22;1-9-7-11(18)8-10(2)12(9)13-14(22)16(21-15(13)23)3-5-17(19,20)6-4-16;8-6-3-1-5(2-4-6)7(9)10/h3-6,11-12,28H,7-10H2,1-2H3,(H,27,29);7-8,22H,3-6H2,1-2H3,(H,21,23);1-4,9-10H. The number of carbonyl (C=O) groups is 2. The van der Waals surface area contributed by atoms with Crippen LogP contribution in [-0.4, -0.2) is 62.1 Å². The number of hydrogen-bond acceptors (Lipinski definition) is 6. The Kier molecular flexibility index (Phi) is 13.7. The fourth-order valence-electron chi connectivity index (χ4n) is 8.75. The number of nitrogens with one attached hydrogen (secondary N) is 2. The van der Waals surface area contributed by atoms with Gasteiger partial charge >= 0.3 is 7.12 Å². The van der Waals surface area contributed by atoms with Crippen LogP contribution < -0.4 is 16.1 Å². The highest BCUT2D eigenvalue weighted by Gasteiger charge is 2.53. The lowest BCUT2D eigenvalue weighted by Crippen LogP contribution is -2.49. The maximum atomic E-state index is 13.6. The summed E-state index contributed by atoms with van der Waals surface area (Å²) in [4.78, 5) is 25.3. The Hall–Kier alpha value is -4.34. The van der Waals surface area contributed by atoms with Crippen LogP contribution in [0.5, 0.6) is 0 Å². The Morgan fingerprint density at radius 1 is 0.565 bits per heavy atom. The van der Waals surface area contributed by atoms with Crippen LogP contribution in [0.25, 0.3) is 22.3 Å². The highest BCUT2D eigenvalue weighted by Crippen LogP contribution is 2.48. The molecule has 2 aliphatic heterocycles. The van der Waals surface area contributed by atoms with Crippen LogP contribution in [0.15, 0.2) is 88.8 Å². The Morgan fingerprint density at radius 3 is 1.26 bits per heavy atom. The van der Waals surface area contributed by atoms with Gasteiger partial charge in [-0.05, 0) is 140 Å². The highest BCUT2D eigenvalue weighted by molar-refractivity contribution is 9.10. The summed E-state index contributed by atoms with van der Waals surface area (Å²) in [7, 11) is -1.41. The van der Waals surface area contributed by atoms with E-state index in [0.29, 0.717) is 26.6 Å². The molecule has 4 aromatic rings. The zero-order valence-corrected chi connectivity index (χ0v) is 37.5. The largest absolute Gasteiger partial charge is 0.509 e. The maximum absolute atomic E-state index is 13.6. The maximum Gasteiger partial charge on any atom is 0.488 e. The summed E-state index contributed by atoms with van der Waals surface area (Å²) in [6, 6.07) is 21.5. The van der Waals surface area contributed by atoms with E-state index in [1.54, 1.807) is 24.3 Å². The smallest absolute Gasteiger partial charge is 0.488 e. The second kappa shape index (κ2) is 18.0. The Labute approximate surface area is 376 Å². The molecule has 2 fully saturated rings. The summed E-state index contributed by atoms with van der Waals surface area (Å²) in [5.41, 5.74) is 5.44. The lowest BCUT2D eigenvalue weighted by molar-refractivity contribution is -0.118. The Balaban J connectivity index is 0.000000173. The van der Waals surface area contributed by atoms with Crippen molar-refractivity contribution in [2.45, 2.75) is 102 Å². The molecule has 16 heteroatoms. The van der Waals surface area contributed by atoms with Crippen LogP contribution in [0, 0.1) is 27.7 Å². The van der Waals surface area contributed by atoms with Crippen molar-refractivity contribution in [2.24, 2.45) is 0 Å². The van der Waals surface area contributed by atoms with E-state index in [9.17, 15) is 37.4 Å². The predicted molar refractivity (Wildman–Crippen MR) is 239 cm³/mol. The Bertz CT molecular complexity index is 2400. The molecule has 2 heterocycles. The number of alkyl halides is 4. The van der Waals surface area contributed by atoms with Crippen LogP contribution in [0.3, 0.4) is 0 Å². The van der Waals surface area contributed by atoms with Crippen molar-refractivity contribution in [3.8, 4) is 11.1 Å². The molecule has 0 radical (unpaired) electrons. The molecule has 0 bridgehead atoms. The first-order valence-corrected chi connectivity index (χ1v) is 21.6. The summed E-state index contributed by atoms with van der Waals surface area (Å²) in [6.07, 6.45) is -1.20. The van der Waals surface area contributed by atoms with Gasteiger partial charge in [-0.1, -0.05) is 75.5 Å². The van der Waals surface area contributed by atoms with E-state index in [0.717, 1.165) is 37.9 Å². The van der Waals surface area contributed by atoms with E-state index < -0.39 is 35.9 Å². The molecule has 4 aromatic carbocycles. The summed E-state index contributed by atoms with van der Waals surface area (Å²) < 4.78 is 55.0. The molecule has 0 saturated heterocycles. The Morgan fingerprint density at radius 2 is 0.903 bits per heavy atom. The third-order valence-electron chi connectivity index (χ3n) is 12.1. The lowest BCUT2D eigenvalue weighted by Gasteiger charge is -2.36. The van der Waals surface area contributed by atoms with Gasteiger partial charge in [-0.2, -0.15) is 0 Å². The molecule has 62 heavy (non-hydrogen) atoms. The second-order valence-corrected chi connectivity index (χ2v) is 18.4. The van der Waals surface area contributed by atoms with Gasteiger partial charge < -0.3 is 30.9 Å². The van der Waals surface area contributed by atoms with Crippen molar-refractivity contribution >= 4 is 74.7 Å². The molecule has 6 N–H and O–H groups in total. The van der Waals surface area contributed by atoms with E-state index in [2.05, 4.69) is 26.6 Å². The van der Waals surface area contributed by atoms with Crippen molar-refractivity contribution in [3.05, 3.63) is 132 Å². The highest BCUT2D eigenvalue weighted by atomic mass is 79.9. The van der Waals surface area contributed by atoms with Gasteiger partial charge in [0.05, 0.1) is 22.2 Å². The number of rotatable bonds is 4. The molecule has 8 rings (SSSR count). The van der Waals surface area contributed by atoms with Crippen molar-refractivity contribution in [3.63, 3.8) is 0 Å². The monoisotopic (exact) mass is 958 g/mol. The number of benzene rings is 4. The second-order valence-electron chi connectivity index (χ2n) is 16.6. The fraction of sp³-hybridized carbons (Fsp3) is 0.348. The molecule has 2 spiro atoms. The van der Waals surface area contributed by atoms with Crippen molar-refractivity contribution in [1.29, 1.82) is 0 Å². The van der Waals surface area contributed by atoms with Gasteiger partial charge in [0.1, 0.15) is 11.5 Å². The molecule has 2 aliphatic carbocycles. The first-order chi connectivity index (χ1) is 29.0. The fourth-order valence-corrected chi connectivity index (χ4v) is 9.69. The minimum absolute atomic E-state index is 0.0298. The quantitative estimate of drug-likeness (QED) is 0.0890. The topological polar surface area (TPSA) is 139 Å². The molecular weight excluding hydrogens is 914 g/mol. The molecule has 8 nitrogen and oxygen atoms in total. The van der Waals surface area contributed by atoms with Crippen LogP contribution >= 0.6 is 39.1 Å². The molecule has 2 saturated carbocycles. The molecule has 0 aromatic heterocycles. The molecule has 0 atom stereocenters. The average molecular weight is 960 g/mol. The van der Waals surface area contributed by atoms with Gasteiger partial charge in [-0.25, -0.2) is 17.6 Å². The number of halogens is 7. The summed E-state index contributed by atoms with van der Waals surface area (Å²) >= 11 is 14.9. The van der Waals surface area contributed by atoms with Crippen molar-refractivity contribution in [2.75, 3.05) is 0 Å². The third kappa shape index (κ3) is 9.89. The van der Waals surface area contributed by atoms with Crippen LogP contribution in [0.1, 0.15) is 84.7 Å². The normalized spacial score (nSPS) is 19.4. The average Bonchev–Trinajstić information content (AvgIpc) is 3.57. The van der Waals surface area contributed by atoms with Gasteiger partial charge in [-0.3, -0.25) is 9.59 Å². The molecule has 328 valence electrons. The van der Waals surface area contributed by atoms with Gasteiger partial charge in [0.15, 0.2) is 0 Å². The van der Waals surface area contributed by atoms with Crippen molar-refractivity contribution in [1.82, 2.24) is 10.6 Å². The first kappa shape index (κ1) is 47.2. The lowest BCUT2D eigenvalue weighted by atomic mass is 9.78. The predicted octanol–water partition coefficient (Wildman–Crippen LogP) is 10.4. The molecule has 2 amide bonds. The summed E-state index contributed by atoms with van der Waals surface area (Å²) in [5.74, 6) is -6.46. The molecular formula is C46H46BBrCl2F4N2O6. The van der Waals surface area contributed by atoms with Gasteiger partial charge in [0.2, 0.25) is 11.8 Å². The van der Waals surface area contributed by atoms with E-state index >= 15 is 0 Å². The SMILES string of the molecule is Cc1cc(-c2ccc(Cl)cc2)cc(C)c1C1=C(O)C2(CCC(F)(F)CC2)NC1=O.Cc1cc(Br)cc(C)c1C1=C(O)C2(CCC(F)(F)CC2)NC1=O.OB(O)c1ccc(Cl)cc1. The number of amides is 2. The number of aryl methyl sites for hydroxylation is 4. The van der Waals surface area contributed by atoms with E-state index in [1.165, 1.54) is 0 Å².